The molecule has 1 atom stereocenters. The minimum absolute atomic E-state index is 0.694. The van der Waals surface area contributed by atoms with Crippen LogP contribution < -0.4 is 4.90 Å². The van der Waals surface area contributed by atoms with Crippen LogP contribution in [0.5, 0.6) is 0 Å². The van der Waals surface area contributed by atoms with Gasteiger partial charge < -0.3 is 4.90 Å². The lowest BCUT2D eigenvalue weighted by Crippen LogP contribution is -2.43. The first-order valence-corrected chi connectivity index (χ1v) is 18.3. The zero-order valence-corrected chi connectivity index (χ0v) is 20.1. The van der Waals surface area contributed by atoms with Crippen LogP contribution in [0.2, 0.25) is 39.3 Å². The number of hydrogen-bond acceptors (Lipinski definition) is 4. The maximum Gasteiger partial charge on any atom is 0.162 e. The average Bonchev–Trinajstić information content (AvgIpc) is 2.98. The van der Waals surface area contributed by atoms with E-state index >= 15 is 0 Å². The van der Waals surface area contributed by atoms with Crippen molar-refractivity contribution in [3.63, 3.8) is 0 Å². The molecule has 2 aromatic rings. The molecule has 0 aliphatic carbocycles. The Labute approximate surface area is 161 Å². The van der Waals surface area contributed by atoms with Gasteiger partial charge in [-0.05, 0) is 31.4 Å². The van der Waals surface area contributed by atoms with Crippen molar-refractivity contribution in [3.8, 4) is 11.4 Å². The van der Waals surface area contributed by atoms with Crippen LogP contribution in [-0.4, -0.2) is 43.7 Å². The molecular formula is C19H33N4PSi2. The Morgan fingerprint density at radius 3 is 2.12 bits per heavy atom. The van der Waals surface area contributed by atoms with E-state index in [0.29, 0.717) is 4.91 Å². The van der Waals surface area contributed by atoms with Crippen LogP contribution in [-0.2, 0) is 0 Å². The Balaban J connectivity index is 2.11. The number of aromatic nitrogens is 3. The fraction of sp³-hybridized carbons (Fsp3) is 0.632. The van der Waals surface area contributed by atoms with E-state index < -0.39 is 24.0 Å². The third kappa shape index (κ3) is 4.29. The van der Waals surface area contributed by atoms with E-state index in [1.165, 1.54) is 19.3 Å². The van der Waals surface area contributed by atoms with Gasteiger partial charge in [0.05, 0.1) is 29.7 Å². The minimum atomic E-state index is -1.36. The summed E-state index contributed by atoms with van der Waals surface area (Å²) >= 11 is 0. The van der Waals surface area contributed by atoms with Crippen molar-refractivity contribution < 1.29 is 0 Å². The van der Waals surface area contributed by atoms with Crippen LogP contribution in [0.3, 0.4) is 0 Å². The standard InChI is InChI=1S/C19H33N4PSi2/c1-25(2,3)19(26(4,5)6)24-21-17(16-12-8-9-13-20-16)18(22-24)23-14-10-7-11-15-23/h8-9,12-13,19H,7,10-11,14-15H2,1-6H3. The van der Waals surface area contributed by atoms with Crippen molar-refractivity contribution in [1.29, 1.82) is 0 Å². The average molecular weight is 405 g/mol. The molecule has 0 N–H and O–H groups in total. The molecule has 1 saturated heterocycles. The Bertz CT molecular complexity index is 714. The SMILES string of the molecule is C[Si](C)(C)C(p1nc(-c2ccccn2)c(N2CCCCC2)n1)[Si](C)(C)C. The van der Waals surface area contributed by atoms with Gasteiger partial charge >= 0.3 is 0 Å². The normalized spacial score (nSPS) is 17.0. The summed E-state index contributed by atoms with van der Waals surface area (Å²) in [5.41, 5.74) is 2.05. The van der Waals surface area contributed by atoms with Gasteiger partial charge in [-0.2, -0.15) is 4.75 Å². The van der Waals surface area contributed by atoms with Crippen LogP contribution >= 0.6 is 7.85 Å². The monoisotopic (exact) mass is 404 g/mol. The summed E-state index contributed by atoms with van der Waals surface area (Å²) in [6, 6.07) is 6.13. The van der Waals surface area contributed by atoms with E-state index in [2.05, 4.69) is 61.3 Å². The van der Waals surface area contributed by atoms with Crippen LogP contribution in [0.15, 0.2) is 24.4 Å². The highest BCUT2D eigenvalue weighted by Crippen LogP contribution is 2.50. The summed E-state index contributed by atoms with van der Waals surface area (Å²) in [4.78, 5) is 7.80. The molecule has 0 saturated carbocycles. The predicted octanol–water partition coefficient (Wildman–Crippen LogP) is 5.81. The van der Waals surface area contributed by atoms with Crippen molar-refractivity contribution in [2.75, 3.05) is 18.0 Å². The number of hydrogen-bond donors (Lipinski definition) is 0. The first-order chi connectivity index (χ1) is 12.2. The third-order valence-electron chi connectivity index (χ3n) is 5.05. The Morgan fingerprint density at radius 1 is 0.923 bits per heavy atom. The lowest BCUT2D eigenvalue weighted by Gasteiger charge is -2.36. The molecule has 2 aromatic heterocycles. The molecule has 3 heterocycles. The first-order valence-electron chi connectivity index (χ1n) is 9.81. The molecule has 1 fully saturated rings. The Morgan fingerprint density at radius 2 is 1.58 bits per heavy atom. The number of piperidine rings is 1. The van der Waals surface area contributed by atoms with Crippen molar-refractivity contribution in [3.05, 3.63) is 24.4 Å². The number of nitrogens with zero attached hydrogens (tertiary/aromatic N) is 4. The minimum Gasteiger partial charge on any atom is -0.354 e. The Hall–Kier alpha value is -0.976. The summed E-state index contributed by atoms with van der Waals surface area (Å²) in [7, 11) is -3.41. The van der Waals surface area contributed by atoms with Crippen molar-refractivity contribution in [2.24, 2.45) is 0 Å². The molecule has 3 rings (SSSR count). The van der Waals surface area contributed by atoms with E-state index in [-0.39, 0.29) is 0 Å². The summed E-state index contributed by atoms with van der Waals surface area (Å²) < 4.78 is 10.6. The molecule has 1 unspecified atom stereocenters. The molecule has 0 bridgehead atoms. The second kappa shape index (κ2) is 7.57. The summed E-state index contributed by atoms with van der Waals surface area (Å²) in [6.07, 6.45) is 5.73. The molecule has 142 valence electrons. The molecule has 1 aliphatic heterocycles. The number of pyridine rings is 1. The first kappa shape index (κ1) is 19.8. The lowest BCUT2D eigenvalue weighted by molar-refractivity contribution is 0.575. The van der Waals surface area contributed by atoms with Gasteiger partial charge in [0.15, 0.2) is 5.82 Å². The Kier molecular flexibility index (Phi) is 5.76. The molecule has 1 aliphatic rings. The van der Waals surface area contributed by atoms with E-state index in [9.17, 15) is 0 Å². The highest BCUT2D eigenvalue weighted by molar-refractivity contribution is 7.51. The quantitative estimate of drug-likeness (QED) is 0.590. The van der Waals surface area contributed by atoms with Crippen LogP contribution in [0.1, 0.15) is 24.2 Å². The number of rotatable bonds is 5. The van der Waals surface area contributed by atoms with Gasteiger partial charge in [0.25, 0.3) is 0 Å². The van der Waals surface area contributed by atoms with E-state index in [1.807, 2.05) is 12.3 Å². The molecule has 0 spiro atoms. The highest BCUT2D eigenvalue weighted by Gasteiger charge is 2.42. The van der Waals surface area contributed by atoms with E-state index in [1.54, 1.807) is 0 Å². The van der Waals surface area contributed by atoms with Gasteiger partial charge in [-0.1, -0.05) is 45.3 Å². The topological polar surface area (TPSA) is 41.9 Å². The van der Waals surface area contributed by atoms with Gasteiger partial charge in [0, 0.05) is 24.2 Å². The van der Waals surface area contributed by atoms with Crippen LogP contribution in [0, 0.1) is 0 Å². The fourth-order valence-electron chi connectivity index (χ4n) is 4.41. The molecular weight excluding hydrogens is 371 g/mol. The smallest absolute Gasteiger partial charge is 0.162 e. The molecule has 7 heteroatoms. The zero-order chi connectivity index (χ0) is 18.9. The molecule has 0 amide bonds. The van der Waals surface area contributed by atoms with E-state index in [4.69, 9.17) is 9.49 Å². The molecule has 0 radical (unpaired) electrons. The van der Waals surface area contributed by atoms with Crippen LogP contribution in [0.4, 0.5) is 5.82 Å². The van der Waals surface area contributed by atoms with Gasteiger partial charge in [-0.3, -0.25) is 4.98 Å². The summed E-state index contributed by atoms with van der Waals surface area (Å²) in [5, 5.41) is 0. The summed E-state index contributed by atoms with van der Waals surface area (Å²) in [6.45, 7) is 17.2. The van der Waals surface area contributed by atoms with Gasteiger partial charge in [0.1, 0.15) is 5.69 Å². The second-order valence-electron chi connectivity index (χ2n) is 9.59. The molecule has 0 aromatic carbocycles. The van der Waals surface area contributed by atoms with Gasteiger partial charge in [0.2, 0.25) is 0 Å². The lowest BCUT2D eigenvalue weighted by atomic mass is 10.1. The third-order valence-corrected chi connectivity index (χ3v) is 20.8. The van der Waals surface area contributed by atoms with Gasteiger partial charge in [-0.25, -0.2) is 4.75 Å². The van der Waals surface area contributed by atoms with Crippen LogP contribution in [0.25, 0.3) is 11.4 Å². The summed E-state index contributed by atoms with van der Waals surface area (Å²) in [5.74, 6) is 1.14. The van der Waals surface area contributed by atoms with E-state index in [0.717, 1.165) is 30.3 Å². The highest BCUT2D eigenvalue weighted by atomic mass is 31.1. The van der Waals surface area contributed by atoms with Crippen molar-refractivity contribution >= 4 is 29.8 Å². The maximum atomic E-state index is 5.34. The maximum absolute atomic E-state index is 5.34. The zero-order valence-electron chi connectivity index (χ0n) is 17.2. The van der Waals surface area contributed by atoms with Gasteiger partial charge in [-0.15, -0.1) is 0 Å². The van der Waals surface area contributed by atoms with Crippen molar-refractivity contribution in [2.45, 2.75) is 63.5 Å². The second-order valence-corrected chi connectivity index (χ2v) is 23.3. The fourth-order valence-corrected chi connectivity index (χ4v) is 22.1. The predicted molar refractivity (Wildman–Crippen MR) is 120 cm³/mol. The molecule has 4 nitrogen and oxygen atoms in total. The molecule has 26 heavy (non-hydrogen) atoms. The largest absolute Gasteiger partial charge is 0.354 e. The number of anilines is 1. The van der Waals surface area contributed by atoms with Crippen molar-refractivity contribution in [1.82, 2.24) is 14.5 Å².